The number of aliphatic hydroxyl groups excluding tert-OH is 1. The van der Waals surface area contributed by atoms with Gasteiger partial charge < -0.3 is 9.66 Å². The second-order valence-corrected chi connectivity index (χ2v) is 8.40. The molecule has 0 spiro atoms. The molecule has 2 unspecified atom stereocenters. The summed E-state index contributed by atoms with van der Waals surface area (Å²) in [7, 11) is -4.21. The molecule has 0 aromatic carbocycles. The van der Waals surface area contributed by atoms with Crippen molar-refractivity contribution in [1.82, 2.24) is 0 Å². The minimum Gasteiger partial charge on any atom is -0.748 e. The van der Waals surface area contributed by atoms with Crippen molar-refractivity contribution in [2.75, 3.05) is 0 Å². The summed E-state index contributed by atoms with van der Waals surface area (Å²) in [6, 6.07) is 0. The minimum atomic E-state index is -4.21. The van der Waals surface area contributed by atoms with Gasteiger partial charge in [0.2, 0.25) is 0 Å². The van der Waals surface area contributed by atoms with Crippen molar-refractivity contribution in [1.29, 1.82) is 0 Å². The van der Waals surface area contributed by atoms with Gasteiger partial charge in [0.25, 0.3) is 0 Å². The molecular formula is C18H37NaO4S. The predicted molar refractivity (Wildman–Crippen MR) is 95.5 cm³/mol. The molecule has 0 aromatic rings. The van der Waals surface area contributed by atoms with Crippen LogP contribution in [0.4, 0.5) is 0 Å². The Morgan fingerprint density at radius 1 is 0.750 bits per heavy atom. The van der Waals surface area contributed by atoms with Crippen molar-refractivity contribution >= 4 is 10.1 Å². The third-order valence-corrected chi connectivity index (χ3v) is 5.78. The SMILES string of the molecule is CCCCCCCC(O)CCCC(CCCCCC)S(=O)(=O)[O-].[Na+]. The van der Waals surface area contributed by atoms with Crippen LogP contribution in [0.25, 0.3) is 0 Å². The van der Waals surface area contributed by atoms with E-state index in [1.807, 2.05) is 0 Å². The largest absolute Gasteiger partial charge is 1.00 e. The van der Waals surface area contributed by atoms with Crippen molar-refractivity contribution in [3.63, 3.8) is 0 Å². The Hall–Kier alpha value is 0.870. The van der Waals surface area contributed by atoms with Gasteiger partial charge in [-0.1, -0.05) is 71.6 Å². The van der Waals surface area contributed by atoms with Gasteiger partial charge in [-0.2, -0.15) is 0 Å². The van der Waals surface area contributed by atoms with Crippen molar-refractivity contribution in [2.45, 2.75) is 115 Å². The Balaban J connectivity index is 0. The Morgan fingerprint density at radius 2 is 1.17 bits per heavy atom. The van der Waals surface area contributed by atoms with E-state index in [0.717, 1.165) is 44.9 Å². The number of hydrogen-bond donors (Lipinski definition) is 1. The molecule has 0 amide bonds. The number of rotatable bonds is 16. The molecular weight excluding hydrogens is 335 g/mol. The van der Waals surface area contributed by atoms with Crippen LogP contribution in [0, 0.1) is 0 Å². The van der Waals surface area contributed by atoms with Gasteiger partial charge >= 0.3 is 29.6 Å². The molecule has 0 aliphatic rings. The van der Waals surface area contributed by atoms with E-state index in [2.05, 4.69) is 13.8 Å². The Labute approximate surface area is 172 Å². The topological polar surface area (TPSA) is 77.4 Å². The molecule has 0 aliphatic carbocycles. The first-order chi connectivity index (χ1) is 10.9. The second kappa shape index (κ2) is 17.3. The minimum absolute atomic E-state index is 0. The van der Waals surface area contributed by atoms with E-state index in [4.69, 9.17) is 0 Å². The van der Waals surface area contributed by atoms with Crippen LogP contribution >= 0.6 is 0 Å². The van der Waals surface area contributed by atoms with E-state index < -0.39 is 15.4 Å². The number of hydrogen-bond acceptors (Lipinski definition) is 4. The van der Waals surface area contributed by atoms with Crippen molar-refractivity contribution in [2.24, 2.45) is 0 Å². The summed E-state index contributed by atoms with van der Waals surface area (Å²) in [6.07, 6.45) is 12.4. The van der Waals surface area contributed by atoms with E-state index in [1.165, 1.54) is 19.3 Å². The molecule has 4 nitrogen and oxygen atoms in total. The molecule has 0 saturated heterocycles. The maximum Gasteiger partial charge on any atom is 1.00 e. The Morgan fingerprint density at radius 3 is 1.71 bits per heavy atom. The van der Waals surface area contributed by atoms with Gasteiger partial charge in [0.05, 0.1) is 16.2 Å². The molecule has 0 heterocycles. The third-order valence-electron chi connectivity index (χ3n) is 4.49. The summed E-state index contributed by atoms with van der Waals surface area (Å²) >= 11 is 0. The Kier molecular flexibility index (Phi) is 19.5. The summed E-state index contributed by atoms with van der Waals surface area (Å²) < 4.78 is 34.0. The molecule has 0 aliphatic heterocycles. The molecule has 0 bridgehead atoms. The van der Waals surface area contributed by atoms with Gasteiger partial charge in [-0.05, 0) is 32.1 Å². The number of aliphatic hydroxyl groups is 1. The van der Waals surface area contributed by atoms with Crippen LogP contribution in [0.5, 0.6) is 0 Å². The molecule has 140 valence electrons. The van der Waals surface area contributed by atoms with Crippen molar-refractivity contribution in [3.05, 3.63) is 0 Å². The van der Waals surface area contributed by atoms with Crippen LogP contribution in [0.2, 0.25) is 0 Å². The number of unbranched alkanes of at least 4 members (excludes halogenated alkanes) is 7. The van der Waals surface area contributed by atoms with E-state index in [0.29, 0.717) is 25.7 Å². The normalized spacial score (nSPS) is 14.2. The fraction of sp³-hybridized carbons (Fsp3) is 1.00. The molecule has 0 rings (SSSR count). The maximum atomic E-state index is 11.3. The van der Waals surface area contributed by atoms with Gasteiger partial charge in [-0.15, -0.1) is 0 Å². The molecule has 1 N–H and O–H groups in total. The first-order valence-electron chi connectivity index (χ1n) is 9.54. The first-order valence-corrected chi connectivity index (χ1v) is 11.0. The quantitative estimate of drug-likeness (QED) is 0.254. The molecule has 2 atom stereocenters. The standard InChI is InChI=1S/C18H38O4S.Na/c1-3-5-7-9-10-13-17(19)14-12-16-18(23(20,21)22)15-11-8-6-4-2;/h17-19H,3-16H2,1-2H3,(H,20,21,22);/q;+1/p-1. The molecule has 24 heavy (non-hydrogen) atoms. The Bertz CT molecular complexity index is 360. The van der Waals surface area contributed by atoms with E-state index in [1.54, 1.807) is 0 Å². The molecule has 0 saturated carbocycles. The van der Waals surface area contributed by atoms with Crippen LogP contribution < -0.4 is 29.6 Å². The van der Waals surface area contributed by atoms with Gasteiger partial charge in [0.1, 0.15) is 0 Å². The summed E-state index contributed by atoms with van der Waals surface area (Å²) in [6.45, 7) is 4.28. The zero-order chi connectivity index (χ0) is 17.6. The monoisotopic (exact) mass is 372 g/mol. The first kappa shape index (κ1) is 27.1. The van der Waals surface area contributed by atoms with E-state index >= 15 is 0 Å². The van der Waals surface area contributed by atoms with Gasteiger partial charge in [-0.3, -0.25) is 0 Å². The van der Waals surface area contributed by atoms with Crippen molar-refractivity contribution < 1.29 is 47.6 Å². The molecule has 0 radical (unpaired) electrons. The zero-order valence-corrected chi connectivity index (χ0v) is 19.0. The molecule has 0 fully saturated rings. The predicted octanol–water partition coefficient (Wildman–Crippen LogP) is 1.77. The van der Waals surface area contributed by atoms with Crippen LogP contribution in [0.15, 0.2) is 0 Å². The van der Waals surface area contributed by atoms with Gasteiger partial charge in [-0.25, -0.2) is 8.42 Å². The average molecular weight is 373 g/mol. The van der Waals surface area contributed by atoms with Crippen LogP contribution in [0.1, 0.15) is 104 Å². The molecule has 0 aromatic heterocycles. The van der Waals surface area contributed by atoms with Gasteiger partial charge in [0, 0.05) is 5.25 Å². The van der Waals surface area contributed by atoms with Crippen LogP contribution in [-0.2, 0) is 10.1 Å². The fourth-order valence-electron chi connectivity index (χ4n) is 2.94. The van der Waals surface area contributed by atoms with Crippen LogP contribution in [0.3, 0.4) is 0 Å². The molecule has 6 heteroatoms. The summed E-state index contributed by atoms with van der Waals surface area (Å²) in [5.41, 5.74) is 0. The smallest absolute Gasteiger partial charge is 0.748 e. The van der Waals surface area contributed by atoms with Gasteiger partial charge in [0.15, 0.2) is 0 Å². The fourth-order valence-corrected chi connectivity index (χ4v) is 3.85. The third kappa shape index (κ3) is 16.3. The summed E-state index contributed by atoms with van der Waals surface area (Å²) in [5, 5.41) is 9.17. The summed E-state index contributed by atoms with van der Waals surface area (Å²) in [4.78, 5) is 0. The second-order valence-electron chi connectivity index (χ2n) is 6.75. The summed E-state index contributed by atoms with van der Waals surface area (Å²) in [5.74, 6) is 0. The average Bonchev–Trinajstić information content (AvgIpc) is 2.48. The van der Waals surface area contributed by atoms with Crippen molar-refractivity contribution in [3.8, 4) is 0 Å². The zero-order valence-electron chi connectivity index (χ0n) is 16.1. The maximum absolute atomic E-state index is 11.3. The van der Waals surface area contributed by atoms with E-state index in [9.17, 15) is 18.1 Å². The van der Waals surface area contributed by atoms with Crippen LogP contribution in [-0.4, -0.2) is 29.4 Å². The van der Waals surface area contributed by atoms with E-state index in [-0.39, 0.29) is 35.7 Å².